The largest absolute Gasteiger partial charge is 0.295 e. The lowest BCUT2D eigenvalue weighted by Gasteiger charge is -2.28. The summed E-state index contributed by atoms with van der Waals surface area (Å²) in [5.74, 6) is 0.187. The highest BCUT2D eigenvalue weighted by molar-refractivity contribution is 6.14. The number of hydrogen-bond donors (Lipinski definition) is 0. The van der Waals surface area contributed by atoms with Crippen LogP contribution < -0.4 is 0 Å². The molecule has 152 valence electrons. The zero-order valence-electron chi connectivity index (χ0n) is 18.5. The molecule has 29 heavy (non-hydrogen) atoms. The van der Waals surface area contributed by atoms with E-state index in [0.717, 1.165) is 54.7 Å². The lowest BCUT2D eigenvalue weighted by Crippen LogP contribution is -2.37. The van der Waals surface area contributed by atoms with Crippen molar-refractivity contribution in [1.29, 1.82) is 0 Å². The van der Waals surface area contributed by atoms with Crippen molar-refractivity contribution >= 4 is 17.9 Å². The molecule has 2 heteroatoms. The number of ketones is 1. The number of hydrogen-bond acceptors (Lipinski definition) is 2. The molecule has 0 spiro atoms. The van der Waals surface area contributed by atoms with Crippen molar-refractivity contribution in [3.8, 4) is 0 Å². The molecule has 3 rings (SSSR count). The van der Waals surface area contributed by atoms with E-state index in [-0.39, 0.29) is 5.78 Å². The van der Waals surface area contributed by atoms with Crippen LogP contribution in [0.5, 0.6) is 0 Å². The molecule has 1 fully saturated rings. The molecule has 0 N–H and O–H groups in total. The van der Waals surface area contributed by atoms with Crippen molar-refractivity contribution in [3.63, 3.8) is 0 Å². The Labute approximate surface area is 175 Å². The molecule has 2 aromatic rings. The van der Waals surface area contributed by atoms with Gasteiger partial charge in [0, 0.05) is 24.2 Å². The van der Waals surface area contributed by atoms with Crippen LogP contribution in [0.3, 0.4) is 0 Å². The highest BCUT2D eigenvalue weighted by Gasteiger charge is 2.25. The molecule has 0 radical (unpaired) electrons. The second-order valence-electron chi connectivity index (χ2n) is 8.05. The van der Waals surface area contributed by atoms with Crippen molar-refractivity contribution in [2.24, 2.45) is 0 Å². The van der Waals surface area contributed by atoms with Crippen LogP contribution in [0.2, 0.25) is 0 Å². The molecule has 0 aliphatic carbocycles. The number of piperidine rings is 1. The van der Waals surface area contributed by atoms with Crippen LogP contribution in [0.1, 0.15) is 54.2 Å². The molecular formula is C27H33NO. The summed E-state index contributed by atoms with van der Waals surface area (Å²) in [7, 11) is 0. The van der Waals surface area contributed by atoms with Gasteiger partial charge in [-0.2, -0.15) is 0 Å². The summed E-state index contributed by atoms with van der Waals surface area (Å²) < 4.78 is 0. The predicted octanol–water partition coefficient (Wildman–Crippen LogP) is 5.80. The predicted molar refractivity (Wildman–Crippen MR) is 124 cm³/mol. The smallest absolute Gasteiger partial charge is 0.187 e. The monoisotopic (exact) mass is 387 g/mol. The number of likely N-dealkylation sites (N-methyl/N-ethyl adjacent to an activating group) is 1. The van der Waals surface area contributed by atoms with Crippen molar-refractivity contribution in [1.82, 2.24) is 4.90 Å². The van der Waals surface area contributed by atoms with E-state index in [0.29, 0.717) is 0 Å². The van der Waals surface area contributed by atoms with Gasteiger partial charge in [0.2, 0.25) is 0 Å². The van der Waals surface area contributed by atoms with Crippen LogP contribution in [0.15, 0.2) is 47.5 Å². The molecule has 0 aromatic heterocycles. The number of rotatable bonds is 5. The summed E-state index contributed by atoms with van der Waals surface area (Å²) in [4.78, 5) is 15.6. The van der Waals surface area contributed by atoms with Crippen LogP contribution in [0.4, 0.5) is 0 Å². The summed E-state index contributed by atoms with van der Waals surface area (Å²) in [5, 5.41) is 0. The number of carbonyl (C=O) groups excluding carboxylic acids is 1. The topological polar surface area (TPSA) is 20.3 Å². The van der Waals surface area contributed by atoms with Crippen molar-refractivity contribution in [2.75, 3.05) is 19.6 Å². The molecule has 1 saturated heterocycles. The van der Waals surface area contributed by atoms with E-state index in [4.69, 9.17) is 0 Å². The fourth-order valence-electron chi connectivity index (χ4n) is 4.06. The van der Waals surface area contributed by atoms with Gasteiger partial charge in [-0.25, -0.2) is 0 Å². The Kier molecular flexibility index (Phi) is 6.87. The number of likely N-dealkylation sites (tertiary alicyclic amines) is 1. The Hall–Kier alpha value is -2.45. The van der Waals surface area contributed by atoms with Gasteiger partial charge in [0.1, 0.15) is 0 Å². The summed E-state index contributed by atoms with van der Waals surface area (Å²) in [6.07, 6.45) is 6.19. The minimum atomic E-state index is 0.187. The zero-order valence-corrected chi connectivity index (χ0v) is 18.5. The molecule has 0 saturated carbocycles. The van der Waals surface area contributed by atoms with Crippen molar-refractivity contribution in [3.05, 3.63) is 80.9 Å². The van der Waals surface area contributed by atoms with Gasteiger partial charge < -0.3 is 0 Å². The van der Waals surface area contributed by atoms with E-state index >= 15 is 0 Å². The average Bonchev–Trinajstić information content (AvgIpc) is 2.73. The maximum absolute atomic E-state index is 13.3. The van der Waals surface area contributed by atoms with Gasteiger partial charge >= 0.3 is 0 Å². The minimum absolute atomic E-state index is 0.187. The van der Waals surface area contributed by atoms with Crippen LogP contribution in [0, 0.1) is 13.8 Å². The molecule has 0 unspecified atom stereocenters. The van der Waals surface area contributed by atoms with Gasteiger partial charge in [-0.05, 0) is 78.8 Å². The quantitative estimate of drug-likeness (QED) is 0.604. The molecule has 1 aliphatic heterocycles. The molecular weight excluding hydrogens is 354 g/mol. The van der Waals surface area contributed by atoms with E-state index in [9.17, 15) is 4.79 Å². The number of benzene rings is 2. The first-order valence-electron chi connectivity index (χ1n) is 10.8. The first kappa shape index (κ1) is 21.3. The molecule has 0 atom stereocenters. The highest BCUT2D eigenvalue weighted by atomic mass is 16.1. The summed E-state index contributed by atoms with van der Waals surface area (Å²) in [5.41, 5.74) is 9.33. The molecule has 0 bridgehead atoms. The van der Waals surface area contributed by atoms with Crippen LogP contribution in [-0.2, 0) is 17.6 Å². The Morgan fingerprint density at radius 2 is 1.24 bits per heavy atom. The molecule has 1 aliphatic rings. The third kappa shape index (κ3) is 4.94. The van der Waals surface area contributed by atoms with Gasteiger partial charge in [0.05, 0.1) is 0 Å². The number of aryl methyl sites for hydroxylation is 4. The second kappa shape index (κ2) is 9.37. The van der Waals surface area contributed by atoms with E-state index < -0.39 is 0 Å². The second-order valence-corrected chi connectivity index (χ2v) is 8.05. The maximum Gasteiger partial charge on any atom is 0.187 e. The lowest BCUT2D eigenvalue weighted by atomic mass is 9.92. The van der Waals surface area contributed by atoms with Gasteiger partial charge in [-0.15, -0.1) is 0 Å². The van der Waals surface area contributed by atoms with Crippen molar-refractivity contribution in [2.45, 2.75) is 47.5 Å². The van der Waals surface area contributed by atoms with E-state index in [1.165, 1.54) is 22.3 Å². The average molecular weight is 388 g/mol. The Bertz CT molecular complexity index is 889. The Balaban J connectivity index is 1.97. The normalized spacial score (nSPS) is 18.0. The minimum Gasteiger partial charge on any atom is -0.295 e. The SMILES string of the molecule is CCc1cc(/C=C2\CN(CC)C/C(=C\c3ccc(C)c(CC)c3)C2=O)ccc1C. The standard InChI is InChI=1S/C27H33NO/c1-6-23-13-21(11-9-19(23)4)15-25-17-28(8-3)18-26(27(25)29)16-22-12-10-20(5)24(7-2)14-22/h9-16H,6-8,17-18H2,1-5H3/b25-15+,26-16+. The number of nitrogens with zero attached hydrogens (tertiary/aromatic N) is 1. The Morgan fingerprint density at radius 1 is 0.793 bits per heavy atom. The third-order valence-electron chi connectivity index (χ3n) is 6.01. The summed E-state index contributed by atoms with van der Waals surface area (Å²) >= 11 is 0. The fourth-order valence-corrected chi connectivity index (χ4v) is 4.06. The molecule has 2 aromatic carbocycles. The summed E-state index contributed by atoms with van der Waals surface area (Å²) in [6.45, 7) is 13.2. The van der Waals surface area contributed by atoms with E-state index in [1.54, 1.807) is 0 Å². The molecule has 1 heterocycles. The van der Waals surface area contributed by atoms with Crippen LogP contribution in [0.25, 0.3) is 12.2 Å². The first-order chi connectivity index (χ1) is 13.9. The zero-order chi connectivity index (χ0) is 21.0. The van der Waals surface area contributed by atoms with Crippen molar-refractivity contribution < 1.29 is 4.79 Å². The Morgan fingerprint density at radius 3 is 1.62 bits per heavy atom. The third-order valence-corrected chi connectivity index (χ3v) is 6.01. The van der Waals surface area contributed by atoms with Gasteiger partial charge in [-0.1, -0.05) is 57.2 Å². The highest BCUT2D eigenvalue weighted by Crippen LogP contribution is 2.24. The maximum atomic E-state index is 13.3. The van der Waals surface area contributed by atoms with E-state index in [1.807, 2.05) is 0 Å². The van der Waals surface area contributed by atoms with Gasteiger partial charge in [0.15, 0.2) is 5.78 Å². The van der Waals surface area contributed by atoms with Gasteiger partial charge in [0.25, 0.3) is 0 Å². The summed E-state index contributed by atoms with van der Waals surface area (Å²) in [6, 6.07) is 13.0. The van der Waals surface area contributed by atoms with Crippen LogP contribution in [-0.4, -0.2) is 30.3 Å². The number of carbonyl (C=O) groups is 1. The van der Waals surface area contributed by atoms with Gasteiger partial charge in [-0.3, -0.25) is 9.69 Å². The first-order valence-corrected chi connectivity index (χ1v) is 10.8. The fraction of sp³-hybridized carbons (Fsp3) is 0.370. The van der Waals surface area contributed by atoms with Crippen LogP contribution >= 0.6 is 0 Å². The number of Topliss-reactive ketones (excluding diaryl/α,β-unsaturated/α-hetero) is 1. The molecule has 2 nitrogen and oxygen atoms in total. The van der Waals surface area contributed by atoms with E-state index in [2.05, 4.69) is 88.1 Å². The molecule has 0 amide bonds. The lowest BCUT2D eigenvalue weighted by molar-refractivity contribution is -0.113.